The number of carboxylic acids is 1. The summed E-state index contributed by atoms with van der Waals surface area (Å²) in [5, 5.41) is 13.9. The molecular formula is C12H15BrN2O3. The van der Waals surface area contributed by atoms with Gasteiger partial charge in [0.05, 0.1) is 0 Å². The van der Waals surface area contributed by atoms with Crippen LogP contribution in [0, 0.1) is 6.92 Å². The Morgan fingerprint density at radius 1 is 1.44 bits per heavy atom. The van der Waals surface area contributed by atoms with Gasteiger partial charge in [0, 0.05) is 10.2 Å². The van der Waals surface area contributed by atoms with E-state index in [1.54, 1.807) is 19.1 Å². The SMILES string of the molecule is CC[C@H](NC(=O)Nc1cccc(Br)c1C)C(=O)O. The van der Waals surface area contributed by atoms with Crippen LogP contribution < -0.4 is 10.6 Å². The van der Waals surface area contributed by atoms with Crippen LogP contribution in [0.15, 0.2) is 22.7 Å². The van der Waals surface area contributed by atoms with Gasteiger partial charge in [0.15, 0.2) is 0 Å². The van der Waals surface area contributed by atoms with Gasteiger partial charge in [-0.05, 0) is 31.0 Å². The number of hydrogen-bond acceptors (Lipinski definition) is 2. The van der Waals surface area contributed by atoms with Crippen molar-refractivity contribution in [3.63, 3.8) is 0 Å². The summed E-state index contributed by atoms with van der Waals surface area (Å²) in [4.78, 5) is 22.4. The topological polar surface area (TPSA) is 78.4 Å². The van der Waals surface area contributed by atoms with Crippen molar-refractivity contribution in [2.75, 3.05) is 5.32 Å². The van der Waals surface area contributed by atoms with E-state index >= 15 is 0 Å². The van der Waals surface area contributed by atoms with Gasteiger partial charge in [-0.25, -0.2) is 9.59 Å². The second-order valence-electron chi connectivity index (χ2n) is 3.81. The van der Waals surface area contributed by atoms with Crippen LogP contribution in [0.2, 0.25) is 0 Å². The molecule has 0 bridgehead atoms. The predicted molar refractivity (Wildman–Crippen MR) is 72.7 cm³/mol. The second-order valence-corrected chi connectivity index (χ2v) is 4.66. The van der Waals surface area contributed by atoms with Gasteiger partial charge < -0.3 is 15.7 Å². The summed E-state index contributed by atoms with van der Waals surface area (Å²) in [6.07, 6.45) is 0.334. The zero-order valence-electron chi connectivity index (χ0n) is 10.2. The first-order valence-corrected chi connectivity index (χ1v) is 6.30. The Morgan fingerprint density at radius 2 is 2.11 bits per heavy atom. The van der Waals surface area contributed by atoms with Gasteiger partial charge in [0.1, 0.15) is 6.04 Å². The van der Waals surface area contributed by atoms with Crippen LogP contribution in [0.25, 0.3) is 0 Å². The molecule has 2 amide bonds. The number of aliphatic carboxylic acids is 1. The molecule has 1 aromatic carbocycles. The lowest BCUT2D eigenvalue weighted by Gasteiger charge is -2.14. The lowest BCUT2D eigenvalue weighted by atomic mass is 10.2. The van der Waals surface area contributed by atoms with E-state index in [2.05, 4.69) is 26.6 Å². The van der Waals surface area contributed by atoms with Crippen LogP contribution in [0.3, 0.4) is 0 Å². The molecule has 0 heterocycles. The third-order valence-corrected chi connectivity index (χ3v) is 3.39. The fraction of sp³-hybridized carbons (Fsp3) is 0.333. The maximum atomic E-state index is 11.6. The van der Waals surface area contributed by atoms with E-state index in [4.69, 9.17) is 5.11 Å². The highest BCUT2D eigenvalue weighted by atomic mass is 79.9. The Kier molecular flexibility index (Phi) is 5.15. The van der Waals surface area contributed by atoms with Crippen molar-refractivity contribution in [2.45, 2.75) is 26.3 Å². The standard InChI is InChI=1S/C12H15BrN2O3/c1-3-9(11(16)17)14-12(18)15-10-6-4-5-8(13)7(10)2/h4-6,9H,3H2,1-2H3,(H,16,17)(H2,14,15,18)/t9-/m0/s1. The Morgan fingerprint density at radius 3 is 2.67 bits per heavy atom. The van der Waals surface area contributed by atoms with Crippen molar-refractivity contribution in [1.82, 2.24) is 5.32 Å². The van der Waals surface area contributed by atoms with Crippen molar-refractivity contribution < 1.29 is 14.7 Å². The molecule has 0 fully saturated rings. The highest BCUT2D eigenvalue weighted by molar-refractivity contribution is 9.10. The van der Waals surface area contributed by atoms with Gasteiger partial charge in [-0.3, -0.25) is 0 Å². The van der Waals surface area contributed by atoms with E-state index < -0.39 is 18.0 Å². The van der Waals surface area contributed by atoms with Crippen molar-refractivity contribution >= 4 is 33.6 Å². The largest absolute Gasteiger partial charge is 0.480 e. The number of carbonyl (C=O) groups excluding carboxylic acids is 1. The first-order valence-electron chi connectivity index (χ1n) is 5.51. The fourth-order valence-corrected chi connectivity index (χ4v) is 1.76. The van der Waals surface area contributed by atoms with Gasteiger partial charge in [0.25, 0.3) is 0 Å². The number of amides is 2. The predicted octanol–water partition coefficient (Wildman–Crippen LogP) is 2.74. The Hall–Kier alpha value is -1.56. The zero-order valence-corrected chi connectivity index (χ0v) is 11.7. The third-order valence-electron chi connectivity index (χ3n) is 2.53. The molecule has 1 rings (SSSR count). The van der Waals surface area contributed by atoms with E-state index in [1.165, 1.54) is 0 Å². The molecule has 5 nitrogen and oxygen atoms in total. The quantitative estimate of drug-likeness (QED) is 0.799. The van der Waals surface area contributed by atoms with E-state index in [9.17, 15) is 9.59 Å². The molecule has 6 heteroatoms. The zero-order chi connectivity index (χ0) is 13.7. The minimum Gasteiger partial charge on any atom is -0.480 e. The molecule has 0 aliphatic rings. The molecule has 0 radical (unpaired) electrons. The molecular weight excluding hydrogens is 300 g/mol. The smallest absolute Gasteiger partial charge is 0.326 e. The maximum Gasteiger partial charge on any atom is 0.326 e. The fourth-order valence-electron chi connectivity index (χ4n) is 1.40. The molecule has 0 spiro atoms. The minimum absolute atomic E-state index is 0.334. The van der Waals surface area contributed by atoms with Gasteiger partial charge in [-0.15, -0.1) is 0 Å². The molecule has 0 saturated heterocycles. The van der Waals surface area contributed by atoms with Crippen molar-refractivity contribution in [2.24, 2.45) is 0 Å². The maximum absolute atomic E-state index is 11.6. The second kappa shape index (κ2) is 6.39. The molecule has 0 aliphatic heterocycles. The number of anilines is 1. The molecule has 0 aliphatic carbocycles. The monoisotopic (exact) mass is 314 g/mol. The Balaban J connectivity index is 2.70. The van der Waals surface area contributed by atoms with Gasteiger partial charge in [-0.1, -0.05) is 28.9 Å². The number of urea groups is 1. The van der Waals surface area contributed by atoms with Crippen LogP contribution in [-0.2, 0) is 4.79 Å². The van der Waals surface area contributed by atoms with Gasteiger partial charge in [0.2, 0.25) is 0 Å². The summed E-state index contributed by atoms with van der Waals surface area (Å²) in [6.45, 7) is 3.55. The number of carbonyl (C=O) groups is 2. The number of rotatable bonds is 4. The van der Waals surface area contributed by atoms with Gasteiger partial charge in [-0.2, -0.15) is 0 Å². The van der Waals surface area contributed by atoms with Crippen molar-refractivity contribution in [3.05, 3.63) is 28.2 Å². The summed E-state index contributed by atoms with van der Waals surface area (Å²) < 4.78 is 0.880. The molecule has 0 saturated carbocycles. The van der Waals surface area contributed by atoms with E-state index in [0.717, 1.165) is 10.0 Å². The Bertz CT molecular complexity index is 463. The van der Waals surface area contributed by atoms with Gasteiger partial charge >= 0.3 is 12.0 Å². The molecule has 18 heavy (non-hydrogen) atoms. The number of benzene rings is 1. The normalized spacial score (nSPS) is 11.7. The summed E-state index contributed by atoms with van der Waals surface area (Å²) in [7, 11) is 0. The molecule has 1 atom stereocenters. The molecule has 0 unspecified atom stereocenters. The summed E-state index contributed by atoms with van der Waals surface area (Å²) in [5.74, 6) is -1.04. The average Bonchev–Trinajstić information content (AvgIpc) is 2.31. The van der Waals surface area contributed by atoms with Crippen molar-refractivity contribution in [1.29, 1.82) is 0 Å². The first-order chi connectivity index (χ1) is 8.45. The molecule has 98 valence electrons. The van der Waals surface area contributed by atoms with Crippen LogP contribution >= 0.6 is 15.9 Å². The lowest BCUT2D eigenvalue weighted by molar-refractivity contribution is -0.139. The summed E-state index contributed by atoms with van der Waals surface area (Å²) in [6, 6.07) is 4.01. The highest BCUT2D eigenvalue weighted by Crippen LogP contribution is 2.23. The molecule has 1 aromatic rings. The molecule has 0 aromatic heterocycles. The number of halogens is 1. The first kappa shape index (κ1) is 14.5. The lowest BCUT2D eigenvalue weighted by Crippen LogP contribution is -2.42. The van der Waals surface area contributed by atoms with Crippen LogP contribution in [0.5, 0.6) is 0 Å². The van der Waals surface area contributed by atoms with Crippen molar-refractivity contribution in [3.8, 4) is 0 Å². The number of hydrogen-bond donors (Lipinski definition) is 3. The summed E-state index contributed by atoms with van der Waals surface area (Å²) in [5.41, 5.74) is 1.53. The average molecular weight is 315 g/mol. The Labute approximate surface area is 114 Å². The van der Waals surface area contributed by atoms with Crippen LogP contribution in [0.1, 0.15) is 18.9 Å². The third kappa shape index (κ3) is 3.73. The van der Waals surface area contributed by atoms with Crippen LogP contribution in [-0.4, -0.2) is 23.1 Å². The van der Waals surface area contributed by atoms with E-state index in [0.29, 0.717) is 12.1 Å². The van der Waals surface area contributed by atoms with E-state index in [-0.39, 0.29) is 0 Å². The minimum atomic E-state index is -1.04. The molecule has 3 N–H and O–H groups in total. The highest BCUT2D eigenvalue weighted by Gasteiger charge is 2.17. The number of carboxylic acid groups (broad SMARTS) is 1. The van der Waals surface area contributed by atoms with Crippen LogP contribution in [0.4, 0.5) is 10.5 Å². The summed E-state index contributed by atoms with van der Waals surface area (Å²) >= 11 is 3.36. The number of nitrogens with one attached hydrogen (secondary N) is 2. The van der Waals surface area contributed by atoms with E-state index in [1.807, 2.05) is 13.0 Å².